The average Bonchev–Trinajstić information content (AvgIpc) is 2.19. The third-order valence-corrected chi connectivity index (χ3v) is 2.67. The highest BCUT2D eigenvalue weighted by Gasteiger charge is 2.46. The molecule has 1 heterocycles. The lowest BCUT2D eigenvalue weighted by Crippen LogP contribution is -2.59. The van der Waals surface area contributed by atoms with E-state index < -0.39 is 12.2 Å². The number of hydrogen-bond acceptors (Lipinski definition) is 2. The van der Waals surface area contributed by atoms with Crippen molar-refractivity contribution in [1.29, 1.82) is 0 Å². The first kappa shape index (κ1) is 15.7. The van der Waals surface area contributed by atoms with E-state index in [2.05, 4.69) is 0 Å². The summed E-state index contributed by atoms with van der Waals surface area (Å²) in [6.07, 6.45) is -4.11. The molecule has 1 aliphatic rings. The Morgan fingerprint density at radius 1 is 1.12 bits per heavy atom. The second kappa shape index (κ2) is 6.45. The van der Waals surface area contributed by atoms with Crippen molar-refractivity contribution in [3.63, 3.8) is 0 Å². The largest absolute Gasteiger partial charge is 0.405 e. The lowest BCUT2D eigenvalue weighted by Gasteiger charge is -2.42. The first-order valence-corrected chi connectivity index (χ1v) is 5.83. The average molecular weight is 240 g/mol. The number of rotatable bonds is 1. The molecular formula is C11H23F3N2. The van der Waals surface area contributed by atoms with E-state index in [1.165, 1.54) is 4.90 Å². The van der Waals surface area contributed by atoms with E-state index in [1.54, 1.807) is 11.9 Å². The molecule has 0 amide bonds. The fraction of sp³-hybridized carbons (Fsp3) is 1.00. The van der Waals surface area contributed by atoms with Crippen molar-refractivity contribution in [3.05, 3.63) is 0 Å². The molecule has 0 bridgehead atoms. The van der Waals surface area contributed by atoms with Crippen LogP contribution in [0.25, 0.3) is 0 Å². The van der Waals surface area contributed by atoms with Gasteiger partial charge in [-0.2, -0.15) is 13.2 Å². The fourth-order valence-corrected chi connectivity index (χ4v) is 1.84. The Hall–Kier alpha value is -0.290. The maximum atomic E-state index is 12.7. The van der Waals surface area contributed by atoms with Gasteiger partial charge in [-0.1, -0.05) is 13.8 Å². The lowest BCUT2D eigenvalue weighted by molar-refractivity contribution is -0.200. The van der Waals surface area contributed by atoms with Crippen LogP contribution in [0.15, 0.2) is 0 Å². The fourth-order valence-electron chi connectivity index (χ4n) is 1.84. The van der Waals surface area contributed by atoms with Crippen molar-refractivity contribution in [2.45, 2.75) is 46.0 Å². The van der Waals surface area contributed by atoms with Crippen molar-refractivity contribution >= 4 is 0 Å². The van der Waals surface area contributed by atoms with Gasteiger partial charge >= 0.3 is 6.18 Å². The van der Waals surface area contributed by atoms with E-state index in [9.17, 15) is 13.2 Å². The van der Waals surface area contributed by atoms with Crippen LogP contribution in [0.4, 0.5) is 13.2 Å². The van der Waals surface area contributed by atoms with Crippen LogP contribution in [0, 0.1) is 0 Å². The van der Waals surface area contributed by atoms with Crippen LogP contribution in [0.1, 0.15) is 27.7 Å². The van der Waals surface area contributed by atoms with Gasteiger partial charge < -0.3 is 4.90 Å². The SMILES string of the molecule is CC.CC(C)N1CCN(C)CC1C(F)(F)F. The minimum absolute atomic E-state index is 0.0460. The third kappa shape index (κ3) is 4.29. The number of alkyl halides is 3. The lowest BCUT2D eigenvalue weighted by atomic mass is 10.1. The number of nitrogens with zero attached hydrogens (tertiary/aromatic N) is 2. The van der Waals surface area contributed by atoms with E-state index in [-0.39, 0.29) is 12.6 Å². The summed E-state index contributed by atoms with van der Waals surface area (Å²) < 4.78 is 38.0. The maximum absolute atomic E-state index is 12.7. The number of halogens is 3. The summed E-state index contributed by atoms with van der Waals surface area (Å²) in [4.78, 5) is 3.26. The Morgan fingerprint density at radius 2 is 1.62 bits per heavy atom. The molecule has 0 aromatic carbocycles. The first-order chi connectivity index (χ1) is 7.32. The molecule has 1 saturated heterocycles. The number of hydrogen-bond donors (Lipinski definition) is 0. The predicted molar refractivity (Wildman–Crippen MR) is 60.5 cm³/mol. The molecular weight excluding hydrogens is 217 g/mol. The van der Waals surface area contributed by atoms with Crippen molar-refractivity contribution in [1.82, 2.24) is 9.80 Å². The smallest absolute Gasteiger partial charge is 0.303 e. The van der Waals surface area contributed by atoms with Crippen molar-refractivity contribution in [2.75, 3.05) is 26.7 Å². The van der Waals surface area contributed by atoms with E-state index >= 15 is 0 Å². The van der Waals surface area contributed by atoms with Gasteiger partial charge in [-0.05, 0) is 20.9 Å². The standard InChI is InChI=1S/C9H17F3N2.C2H6/c1-7(2)14-5-4-13(3)6-8(14)9(10,11)12;1-2/h7-8H,4-6H2,1-3H3;1-2H3. The van der Waals surface area contributed by atoms with Gasteiger partial charge in [-0.25, -0.2) is 0 Å². The van der Waals surface area contributed by atoms with Crippen LogP contribution < -0.4 is 0 Å². The Kier molecular flexibility index (Phi) is 6.33. The van der Waals surface area contributed by atoms with Crippen LogP contribution in [-0.4, -0.2) is 54.7 Å². The van der Waals surface area contributed by atoms with Gasteiger partial charge in [0.05, 0.1) is 0 Å². The normalized spacial score (nSPS) is 24.2. The summed E-state index contributed by atoms with van der Waals surface area (Å²) in [6.45, 7) is 8.92. The minimum atomic E-state index is -4.11. The molecule has 2 nitrogen and oxygen atoms in total. The van der Waals surface area contributed by atoms with Gasteiger partial charge in [0.2, 0.25) is 0 Å². The van der Waals surface area contributed by atoms with Crippen LogP contribution >= 0.6 is 0 Å². The molecule has 0 radical (unpaired) electrons. The van der Waals surface area contributed by atoms with Gasteiger partial charge in [-0.15, -0.1) is 0 Å². The zero-order chi connectivity index (χ0) is 12.9. The van der Waals surface area contributed by atoms with Crippen LogP contribution in [0.3, 0.4) is 0 Å². The minimum Gasteiger partial charge on any atom is -0.303 e. The Labute approximate surface area is 96.4 Å². The summed E-state index contributed by atoms with van der Waals surface area (Å²) in [5, 5.41) is 0. The Morgan fingerprint density at radius 3 is 2.00 bits per heavy atom. The van der Waals surface area contributed by atoms with Crippen LogP contribution in [0.5, 0.6) is 0 Å². The topological polar surface area (TPSA) is 6.48 Å². The Balaban J connectivity index is 0.00000106. The summed E-state index contributed by atoms with van der Waals surface area (Å²) >= 11 is 0. The third-order valence-electron chi connectivity index (χ3n) is 2.67. The van der Waals surface area contributed by atoms with E-state index in [0.717, 1.165) is 0 Å². The summed E-state index contributed by atoms with van der Waals surface area (Å²) in [6, 6.07) is -1.35. The quantitative estimate of drug-likeness (QED) is 0.695. The highest BCUT2D eigenvalue weighted by molar-refractivity contribution is 4.87. The van der Waals surface area contributed by atoms with Crippen molar-refractivity contribution < 1.29 is 13.2 Å². The van der Waals surface area contributed by atoms with Crippen molar-refractivity contribution in [2.24, 2.45) is 0 Å². The molecule has 1 aliphatic heterocycles. The highest BCUT2D eigenvalue weighted by atomic mass is 19.4. The molecule has 1 unspecified atom stereocenters. The molecule has 98 valence electrons. The summed E-state index contributed by atoms with van der Waals surface area (Å²) in [7, 11) is 1.73. The first-order valence-electron chi connectivity index (χ1n) is 5.83. The molecule has 0 aromatic rings. The monoisotopic (exact) mass is 240 g/mol. The second-order valence-electron chi connectivity index (χ2n) is 4.15. The Bertz CT molecular complexity index is 192. The van der Waals surface area contributed by atoms with Gasteiger partial charge in [0.15, 0.2) is 0 Å². The molecule has 1 fully saturated rings. The molecule has 5 heteroatoms. The van der Waals surface area contributed by atoms with E-state index in [1.807, 2.05) is 27.7 Å². The van der Waals surface area contributed by atoms with Crippen molar-refractivity contribution in [3.8, 4) is 0 Å². The molecule has 1 atom stereocenters. The summed E-state index contributed by atoms with van der Waals surface area (Å²) in [5.74, 6) is 0. The maximum Gasteiger partial charge on any atom is 0.405 e. The second-order valence-corrected chi connectivity index (χ2v) is 4.15. The van der Waals surface area contributed by atoms with Crippen LogP contribution in [-0.2, 0) is 0 Å². The zero-order valence-electron chi connectivity index (χ0n) is 10.8. The number of piperazine rings is 1. The van der Waals surface area contributed by atoms with E-state index in [0.29, 0.717) is 13.1 Å². The molecule has 0 spiro atoms. The van der Waals surface area contributed by atoms with Gasteiger partial charge in [0.25, 0.3) is 0 Å². The molecule has 0 N–H and O–H groups in total. The molecule has 16 heavy (non-hydrogen) atoms. The van der Waals surface area contributed by atoms with Gasteiger partial charge in [-0.3, -0.25) is 4.90 Å². The van der Waals surface area contributed by atoms with Gasteiger partial charge in [0.1, 0.15) is 6.04 Å². The molecule has 1 rings (SSSR count). The highest BCUT2D eigenvalue weighted by Crippen LogP contribution is 2.28. The summed E-state index contributed by atoms with van der Waals surface area (Å²) in [5.41, 5.74) is 0. The van der Waals surface area contributed by atoms with Crippen LogP contribution in [0.2, 0.25) is 0 Å². The molecule has 0 aromatic heterocycles. The van der Waals surface area contributed by atoms with E-state index in [4.69, 9.17) is 0 Å². The zero-order valence-corrected chi connectivity index (χ0v) is 10.8. The molecule has 0 saturated carbocycles. The molecule has 0 aliphatic carbocycles. The predicted octanol–water partition coefficient (Wildman–Crippen LogP) is 2.60. The number of likely N-dealkylation sites (N-methyl/N-ethyl adjacent to an activating group) is 1. The van der Waals surface area contributed by atoms with Gasteiger partial charge in [0, 0.05) is 25.7 Å².